The van der Waals surface area contributed by atoms with Crippen LogP contribution < -0.4 is 5.32 Å². The second-order valence-electron chi connectivity index (χ2n) is 6.40. The van der Waals surface area contributed by atoms with Gasteiger partial charge in [0.1, 0.15) is 6.04 Å². The quantitative estimate of drug-likeness (QED) is 0.823. The monoisotopic (exact) mass is 269 g/mol. The minimum absolute atomic E-state index is 0.0180. The molecule has 1 atom stereocenters. The zero-order valence-electron chi connectivity index (χ0n) is 12.8. The summed E-state index contributed by atoms with van der Waals surface area (Å²) in [4.78, 5) is 27.5. The summed E-state index contributed by atoms with van der Waals surface area (Å²) in [6, 6.07) is -0.253. The Labute approximate surface area is 116 Å². The van der Waals surface area contributed by atoms with Gasteiger partial charge in [0.25, 0.3) is 0 Å². The van der Waals surface area contributed by atoms with Gasteiger partial charge in [0.2, 0.25) is 11.8 Å². The van der Waals surface area contributed by atoms with Crippen LogP contribution in [0.2, 0.25) is 0 Å². The highest BCUT2D eigenvalue weighted by Gasteiger charge is 2.34. The molecule has 2 amide bonds. The van der Waals surface area contributed by atoms with Crippen molar-refractivity contribution in [1.29, 1.82) is 0 Å². The number of hydrogen-bond donors (Lipinski definition) is 1. The first-order valence-corrected chi connectivity index (χ1v) is 6.98. The van der Waals surface area contributed by atoms with Crippen LogP contribution in [0.5, 0.6) is 0 Å². The standard InChI is InChI=1S/C14H27N3O2/c1-14(2,3)15-9-8-12(18)17-10-6-7-11(17)13(19)16(4)5/h11,15H,6-10H2,1-5H3. The van der Waals surface area contributed by atoms with Crippen molar-refractivity contribution in [3.63, 3.8) is 0 Å². The number of hydrogen-bond acceptors (Lipinski definition) is 3. The Morgan fingerprint density at radius 2 is 1.95 bits per heavy atom. The Hall–Kier alpha value is -1.10. The molecule has 5 heteroatoms. The van der Waals surface area contributed by atoms with Crippen molar-refractivity contribution in [2.45, 2.75) is 51.6 Å². The molecule has 1 saturated heterocycles. The molecule has 0 radical (unpaired) electrons. The van der Waals surface area contributed by atoms with Crippen LogP contribution in [0.4, 0.5) is 0 Å². The molecule has 1 N–H and O–H groups in total. The molecule has 1 fully saturated rings. The van der Waals surface area contributed by atoms with Crippen molar-refractivity contribution < 1.29 is 9.59 Å². The van der Waals surface area contributed by atoms with E-state index in [1.54, 1.807) is 23.9 Å². The Balaban J connectivity index is 2.49. The van der Waals surface area contributed by atoms with E-state index in [1.165, 1.54) is 0 Å². The normalized spacial score (nSPS) is 19.6. The molecule has 110 valence electrons. The van der Waals surface area contributed by atoms with E-state index in [4.69, 9.17) is 0 Å². The third-order valence-electron chi connectivity index (χ3n) is 3.29. The molecule has 1 rings (SSSR count). The fraction of sp³-hybridized carbons (Fsp3) is 0.857. The van der Waals surface area contributed by atoms with Gasteiger partial charge in [-0.25, -0.2) is 0 Å². The molecule has 1 heterocycles. The first-order chi connectivity index (χ1) is 8.72. The summed E-state index contributed by atoms with van der Waals surface area (Å²) < 4.78 is 0. The molecule has 19 heavy (non-hydrogen) atoms. The molecule has 5 nitrogen and oxygen atoms in total. The summed E-state index contributed by atoms with van der Waals surface area (Å²) in [5, 5.41) is 3.30. The predicted molar refractivity (Wildman–Crippen MR) is 75.8 cm³/mol. The number of rotatable bonds is 4. The fourth-order valence-electron chi connectivity index (χ4n) is 2.31. The summed E-state index contributed by atoms with van der Waals surface area (Å²) >= 11 is 0. The predicted octanol–water partition coefficient (Wildman–Crippen LogP) is 0.844. The summed E-state index contributed by atoms with van der Waals surface area (Å²) in [7, 11) is 3.48. The Morgan fingerprint density at radius 1 is 1.32 bits per heavy atom. The fourth-order valence-corrected chi connectivity index (χ4v) is 2.31. The smallest absolute Gasteiger partial charge is 0.244 e. The molecule has 1 aliphatic heterocycles. The summed E-state index contributed by atoms with van der Waals surface area (Å²) in [5.74, 6) is 0.115. The first kappa shape index (κ1) is 16.0. The lowest BCUT2D eigenvalue weighted by Crippen LogP contribution is -2.46. The molecular formula is C14H27N3O2. The van der Waals surface area contributed by atoms with Crippen LogP contribution in [0.25, 0.3) is 0 Å². The number of amides is 2. The van der Waals surface area contributed by atoms with Crippen LogP contribution in [-0.2, 0) is 9.59 Å². The summed E-state index contributed by atoms with van der Waals surface area (Å²) in [6.45, 7) is 7.59. The molecule has 1 aliphatic rings. The third kappa shape index (κ3) is 4.82. The van der Waals surface area contributed by atoms with Gasteiger partial charge in [-0.3, -0.25) is 9.59 Å². The van der Waals surface area contributed by atoms with Crippen LogP contribution in [-0.4, -0.2) is 60.4 Å². The maximum atomic E-state index is 12.2. The van der Waals surface area contributed by atoms with E-state index >= 15 is 0 Å². The number of carbonyl (C=O) groups excluding carboxylic acids is 2. The van der Waals surface area contributed by atoms with E-state index in [-0.39, 0.29) is 23.4 Å². The van der Waals surface area contributed by atoms with E-state index in [0.717, 1.165) is 12.8 Å². The van der Waals surface area contributed by atoms with Crippen LogP contribution >= 0.6 is 0 Å². The largest absolute Gasteiger partial charge is 0.347 e. The topological polar surface area (TPSA) is 52.7 Å². The van der Waals surface area contributed by atoms with Crippen LogP contribution in [0.15, 0.2) is 0 Å². The average molecular weight is 269 g/mol. The maximum Gasteiger partial charge on any atom is 0.244 e. The van der Waals surface area contributed by atoms with Crippen LogP contribution in [0.1, 0.15) is 40.0 Å². The second kappa shape index (κ2) is 6.37. The maximum absolute atomic E-state index is 12.2. The van der Waals surface area contributed by atoms with Crippen molar-refractivity contribution in [2.24, 2.45) is 0 Å². The molecule has 0 bridgehead atoms. The molecular weight excluding hydrogens is 242 g/mol. The van der Waals surface area contributed by atoms with Gasteiger partial charge in [0, 0.05) is 39.1 Å². The molecule has 1 unspecified atom stereocenters. The highest BCUT2D eigenvalue weighted by molar-refractivity contribution is 5.88. The van der Waals surface area contributed by atoms with Gasteiger partial charge in [0.05, 0.1) is 0 Å². The lowest BCUT2D eigenvalue weighted by Gasteiger charge is -2.27. The van der Waals surface area contributed by atoms with Crippen LogP contribution in [0, 0.1) is 0 Å². The van der Waals surface area contributed by atoms with Gasteiger partial charge in [-0.15, -0.1) is 0 Å². The molecule has 0 aromatic carbocycles. The van der Waals surface area contributed by atoms with Gasteiger partial charge < -0.3 is 15.1 Å². The number of likely N-dealkylation sites (tertiary alicyclic amines) is 1. The number of carbonyl (C=O) groups is 2. The van der Waals surface area contributed by atoms with E-state index < -0.39 is 0 Å². The second-order valence-corrected chi connectivity index (χ2v) is 6.40. The van der Waals surface area contributed by atoms with E-state index in [0.29, 0.717) is 19.5 Å². The van der Waals surface area contributed by atoms with Crippen molar-refractivity contribution >= 4 is 11.8 Å². The van der Waals surface area contributed by atoms with Gasteiger partial charge in [-0.2, -0.15) is 0 Å². The van der Waals surface area contributed by atoms with Gasteiger partial charge >= 0.3 is 0 Å². The van der Waals surface area contributed by atoms with Crippen molar-refractivity contribution in [1.82, 2.24) is 15.1 Å². The molecule has 0 aromatic heterocycles. The van der Waals surface area contributed by atoms with Crippen LogP contribution in [0.3, 0.4) is 0 Å². The molecule has 0 aromatic rings. The highest BCUT2D eigenvalue weighted by Crippen LogP contribution is 2.19. The van der Waals surface area contributed by atoms with Gasteiger partial charge in [-0.05, 0) is 33.6 Å². The number of nitrogens with zero attached hydrogens (tertiary/aromatic N) is 2. The Kier molecular flexibility index (Phi) is 5.35. The summed E-state index contributed by atoms with van der Waals surface area (Å²) in [6.07, 6.45) is 2.16. The zero-order valence-corrected chi connectivity index (χ0v) is 12.8. The highest BCUT2D eigenvalue weighted by atomic mass is 16.2. The van der Waals surface area contributed by atoms with Crippen molar-refractivity contribution in [3.05, 3.63) is 0 Å². The minimum Gasteiger partial charge on any atom is -0.347 e. The Morgan fingerprint density at radius 3 is 2.47 bits per heavy atom. The lowest BCUT2D eigenvalue weighted by molar-refractivity contribution is -0.142. The SMILES string of the molecule is CN(C)C(=O)C1CCCN1C(=O)CCNC(C)(C)C. The van der Waals surface area contributed by atoms with Gasteiger partial charge in [-0.1, -0.05) is 0 Å². The average Bonchev–Trinajstić information content (AvgIpc) is 2.74. The van der Waals surface area contributed by atoms with E-state index in [2.05, 4.69) is 26.1 Å². The number of nitrogens with one attached hydrogen (secondary N) is 1. The summed E-state index contributed by atoms with van der Waals surface area (Å²) in [5.41, 5.74) is 0.0180. The zero-order chi connectivity index (χ0) is 14.6. The first-order valence-electron chi connectivity index (χ1n) is 6.98. The molecule has 0 saturated carbocycles. The van der Waals surface area contributed by atoms with E-state index in [1.807, 2.05) is 0 Å². The third-order valence-corrected chi connectivity index (χ3v) is 3.29. The van der Waals surface area contributed by atoms with Crippen molar-refractivity contribution in [2.75, 3.05) is 27.2 Å². The van der Waals surface area contributed by atoms with Crippen molar-refractivity contribution in [3.8, 4) is 0 Å². The van der Waals surface area contributed by atoms with E-state index in [9.17, 15) is 9.59 Å². The molecule has 0 aliphatic carbocycles. The van der Waals surface area contributed by atoms with Gasteiger partial charge in [0.15, 0.2) is 0 Å². The number of likely N-dealkylation sites (N-methyl/N-ethyl adjacent to an activating group) is 1. The molecule has 0 spiro atoms. The minimum atomic E-state index is -0.253. The Bertz CT molecular complexity index is 334. The lowest BCUT2D eigenvalue weighted by atomic mass is 10.1.